The van der Waals surface area contributed by atoms with Crippen molar-refractivity contribution in [3.8, 4) is 0 Å². The molecule has 1 aromatic heterocycles. The van der Waals surface area contributed by atoms with E-state index in [1.807, 2.05) is 12.2 Å². The van der Waals surface area contributed by atoms with Crippen LogP contribution in [0.3, 0.4) is 0 Å². The quantitative estimate of drug-likeness (QED) is 0.772. The molecule has 2 atom stereocenters. The largest absolute Gasteiger partial charge is 0.355 e. The van der Waals surface area contributed by atoms with Gasteiger partial charge in [-0.15, -0.1) is 0 Å². The maximum absolute atomic E-state index is 6.69. The number of hydrogen-bond donors (Lipinski definition) is 2. The molecule has 3 N–H and O–H groups in total. The third-order valence-electron chi connectivity index (χ3n) is 4.92. The molecule has 2 heteroatoms. The number of allylic oxidation sites excluding steroid dienone is 5. The van der Waals surface area contributed by atoms with E-state index in [1.54, 1.807) is 6.08 Å². The van der Waals surface area contributed by atoms with Crippen LogP contribution in [0.15, 0.2) is 42.5 Å². The van der Waals surface area contributed by atoms with Crippen LogP contribution >= 0.6 is 0 Å². The lowest BCUT2D eigenvalue weighted by Gasteiger charge is -2.23. The van der Waals surface area contributed by atoms with E-state index in [0.717, 1.165) is 30.2 Å². The molecule has 0 amide bonds. The normalized spacial score (nSPS) is 18.4. The fraction of sp³-hybridized carbons (Fsp3) is 0.364. The summed E-state index contributed by atoms with van der Waals surface area (Å²) >= 11 is 0. The molecule has 2 nitrogen and oxygen atoms in total. The van der Waals surface area contributed by atoms with Crippen LogP contribution in [0.5, 0.6) is 0 Å². The fourth-order valence-corrected chi connectivity index (χ4v) is 3.36. The summed E-state index contributed by atoms with van der Waals surface area (Å²) in [6.07, 6.45) is 15.4. The molecule has 1 aliphatic rings. The number of rotatable bonds is 6. The molecule has 0 saturated heterocycles. The summed E-state index contributed by atoms with van der Waals surface area (Å²) < 4.78 is 0. The Kier molecular flexibility index (Phi) is 6.22. The van der Waals surface area contributed by atoms with E-state index >= 15 is 0 Å². The molecular formula is C22H30N2. The number of H-pyrrole nitrogens is 1. The molecule has 0 aliphatic heterocycles. The Bertz CT molecular complexity index is 787. The Balaban J connectivity index is 2.67. The molecule has 0 radical (unpaired) electrons. The average Bonchev–Trinajstić information content (AvgIpc) is 2.91. The highest BCUT2D eigenvalue weighted by Crippen LogP contribution is 2.23. The number of nitrogens with one attached hydrogen (secondary N) is 1. The molecule has 1 aliphatic carbocycles. The van der Waals surface area contributed by atoms with Crippen LogP contribution in [0.1, 0.15) is 44.9 Å². The first-order valence-corrected chi connectivity index (χ1v) is 8.83. The Hall–Kier alpha value is -2.06. The predicted molar refractivity (Wildman–Crippen MR) is 107 cm³/mol. The maximum atomic E-state index is 6.69. The average molecular weight is 322 g/mol. The van der Waals surface area contributed by atoms with Crippen LogP contribution in [0.4, 0.5) is 0 Å². The topological polar surface area (TPSA) is 41.8 Å². The van der Waals surface area contributed by atoms with Crippen molar-refractivity contribution in [2.24, 2.45) is 11.7 Å². The Morgan fingerprint density at radius 2 is 2.17 bits per heavy atom. The van der Waals surface area contributed by atoms with Gasteiger partial charge in [0.1, 0.15) is 0 Å². The molecule has 0 saturated carbocycles. The van der Waals surface area contributed by atoms with Gasteiger partial charge < -0.3 is 10.7 Å². The molecule has 0 spiro atoms. The SMILES string of the molecule is C=C/C=C\C=C(/C)C(N)/C(=c1\c2c([nH]c1=C)C=CCC2)C(C)CC. The van der Waals surface area contributed by atoms with Gasteiger partial charge in [-0.2, -0.15) is 0 Å². The van der Waals surface area contributed by atoms with Crippen molar-refractivity contribution in [2.75, 3.05) is 0 Å². The van der Waals surface area contributed by atoms with Gasteiger partial charge in [-0.05, 0) is 49.3 Å². The summed E-state index contributed by atoms with van der Waals surface area (Å²) in [5.41, 5.74) is 11.7. The summed E-state index contributed by atoms with van der Waals surface area (Å²) in [7, 11) is 0. The monoisotopic (exact) mass is 322 g/mol. The zero-order valence-corrected chi connectivity index (χ0v) is 15.2. The number of aromatic nitrogens is 1. The third kappa shape index (κ3) is 3.70. The van der Waals surface area contributed by atoms with Crippen LogP contribution in [0.2, 0.25) is 0 Å². The molecular weight excluding hydrogens is 292 g/mol. The second-order valence-electron chi connectivity index (χ2n) is 6.59. The van der Waals surface area contributed by atoms with Crippen LogP contribution in [-0.4, -0.2) is 11.0 Å². The third-order valence-corrected chi connectivity index (χ3v) is 4.92. The highest BCUT2D eigenvalue weighted by Gasteiger charge is 2.21. The molecule has 0 bridgehead atoms. The fourth-order valence-electron chi connectivity index (χ4n) is 3.36. The molecule has 1 heterocycles. The molecule has 0 aromatic carbocycles. The van der Waals surface area contributed by atoms with Crippen molar-refractivity contribution >= 4 is 18.2 Å². The van der Waals surface area contributed by atoms with Crippen molar-refractivity contribution in [3.63, 3.8) is 0 Å². The van der Waals surface area contributed by atoms with Crippen molar-refractivity contribution in [1.82, 2.24) is 4.98 Å². The van der Waals surface area contributed by atoms with Gasteiger partial charge in [0, 0.05) is 22.3 Å². The highest BCUT2D eigenvalue weighted by molar-refractivity contribution is 5.63. The molecule has 128 valence electrons. The molecule has 0 fully saturated rings. The van der Waals surface area contributed by atoms with Gasteiger partial charge in [0.05, 0.1) is 0 Å². The summed E-state index contributed by atoms with van der Waals surface area (Å²) in [6.45, 7) is 14.6. The number of nitrogens with two attached hydrogens (primary N) is 1. The van der Waals surface area contributed by atoms with E-state index in [9.17, 15) is 0 Å². The van der Waals surface area contributed by atoms with E-state index in [-0.39, 0.29) is 6.04 Å². The second kappa shape index (κ2) is 8.16. The molecule has 2 unspecified atom stereocenters. The van der Waals surface area contributed by atoms with Gasteiger partial charge in [0.2, 0.25) is 0 Å². The predicted octanol–water partition coefficient (Wildman–Crippen LogP) is 3.60. The second-order valence-corrected chi connectivity index (χ2v) is 6.59. The van der Waals surface area contributed by atoms with Crippen LogP contribution in [-0.2, 0) is 6.42 Å². The Morgan fingerprint density at radius 3 is 2.83 bits per heavy atom. The minimum atomic E-state index is -0.0966. The van der Waals surface area contributed by atoms with Gasteiger partial charge in [-0.25, -0.2) is 0 Å². The summed E-state index contributed by atoms with van der Waals surface area (Å²) in [5, 5.41) is 2.25. The summed E-state index contributed by atoms with van der Waals surface area (Å²) in [6, 6.07) is -0.0966. The lowest BCUT2D eigenvalue weighted by atomic mass is 9.85. The van der Waals surface area contributed by atoms with Crippen molar-refractivity contribution in [1.29, 1.82) is 0 Å². The standard InChI is InChI=1S/C22H30N2/c1-6-8-9-12-16(4)22(23)20(15(3)7-2)21-17(5)24-19-14-11-10-13-18(19)21/h6,8-9,11-12,14-15,22,24H,1,5,7,10,13,23H2,2-4H3/b9-8-,16-12+,21-20-. The highest BCUT2D eigenvalue weighted by atomic mass is 14.7. The first kappa shape index (κ1) is 18.3. The lowest BCUT2D eigenvalue weighted by Crippen LogP contribution is -2.37. The van der Waals surface area contributed by atoms with Crippen LogP contribution in [0, 0.1) is 5.92 Å². The zero-order chi connectivity index (χ0) is 17.7. The summed E-state index contributed by atoms with van der Waals surface area (Å²) in [4.78, 5) is 3.45. The van der Waals surface area contributed by atoms with Crippen LogP contribution < -0.4 is 16.3 Å². The van der Waals surface area contributed by atoms with E-state index in [1.165, 1.54) is 22.0 Å². The number of hydrogen-bond acceptors (Lipinski definition) is 1. The molecule has 2 rings (SSSR count). The lowest BCUT2D eigenvalue weighted by molar-refractivity contribution is 0.673. The van der Waals surface area contributed by atoms with Gasteiger partial charge in [-0.3, -0.25) is 0 Å². The van der Waals surface area contributed by atoms with Gasteiger partial charge in [0.15, 0.2) is 0 Å². The minimum Gasteiger partial charge on any atom is -0.355 e. The minimum absolute atomic E-state index is 0.0966. The first-order valence-electron chi connectivity index (χ1n) is 8.83. The van der Waals surface area contributed by atoms with E-state index in [2.05, 4.69) is 57.1 Å². The van der Waals surface area contributed by atoms with Gasteiger partial charge in [-0.1, -0.05) is 63.0 Å². The Labute approximate surface area is 145 Å². The molecule has 1 aromatic rings. The zero-order valence-electron chi connectivity index (χ0n) is 15.2. The number of fused-ring (bicyclic) bond motifs is 1. The van der Waals surface area contributed by atoms with Crippen molar-refractivity contribution in [3.05, 3.63) is 64.4 Å². The maximum Gasteiger partial charge on any atom is 0.0482 e. The van der Waals surface area contributed by atoms with E-state index < -0.39 is 0 Å². The van der Waals surface area contributed by atoms with Crippen LogP contribution in [0.25, 0.3) is 18.2 Å². The molecule has 24 heavy (non-hydrogen) atoms. The number of aromatic amines is 1. The van der Waals surface area contributed by atoms with Crippen molar-refractivity contribution < 1.29 is 0 Å². The van der Waals surface area contributed by atoms with E-state index in [4.69, 9.17) is 5.73 Å². The Morgan fingerprint density at radius 1 is 1.42 bits per heavy atom. The smallest absolute Gasteiger partial charge is 0.0482 e. The first-order chi connectivity index (χ1) is 11.5. The van der Waals surface area contributed by atoms with Gasteiger partial charge >= 0.3 is 0 Å². The van der Waals surface area contributed by atoms with E-state index in [0.29, 0.717) is 5.92 Å². The summed E-state index contributed by atoms with van der Waals surface area (Å²) in [5.74, 6) is 0.415. The van der Waals surface area contributed by atoms with Gasteiger partial charge in [0.25, 0.3) is 0 Å². The van der Waals surface area contributed by atoms with Crippen molar-refractivity contribution in [2.45, 2.75) is 46.1 Å².